The lowest BCUT2D eigenvalue weighted by atomic mass is 11.0. The van der Waals surface area contributed by atoms with Gasteiger partial charge in [-0.05, 0) is 0 Å². The Hall–Kier alpha value is -0.860. The van der Waals surface area contributed by atoms with Crippen LogP contribution in [-0.2, 0) is 9.59 Å². The summed E-state index contributed by atoms with van der Waals surface area (Å²) >= 11 is 0. The van der Waals surface area contributed by atoms with E-state index in [-0.39, 0.29) is 5.91 Å². The van der Waals surface area contributed by atoms with Crippen LogP contribution in [0.1, 0.15) is 0 Å². The van der Waals surface area contributed by atoms with Crippen LogP contribution in [0, 0.1) is 0 Å². The molecule has 0 atom stereocenters. The summed E-state index contributed by atoms with van der Waals surface area (Å²) in [6.07, 6.45) is 0. The summed E-state index contributed by atoms with van der Waals surface area (Å²) in [4.78, 5) is 17.4. The van der Waals surface area contributed by atoms with E-state index in [9.17, 15) is 4.79 Å². The molecule has 1 saturated heterocycles. The maximum absolute atomic E-state index is 9.44. The van der Waals surface area contributed by atoms with Gasteiger partial charge in [0.1, 0.15) is 6.79 Å². The van der Waals surface area contributed by atoms with Crippen LogP contribution in [0.15, 0.2) is 0 Å². The molecule has 1 aliphatic rings. The van der Waals surface area contributed by atoms with Crippen LogP contribution < -0.4 is 5.32 Å². The summed E-state index contributed by atoms with van der Waals surface area (Å²) in [6, 6.07) is 0. The second-order valence-corrected chi connectivity index (χ2v) is 0.777. The summed E-state index contributed by atoms with van der Waals surface area (Å²) in [5.41, 5.74) is 0. The predicted octanol–water partition coefficient (Wildman–Crippen LogP) is -1.07. The standard InChI is InChI=1S/C2H3NO.CH2O/c4-2-1-3-2;1-2/h1H2,(H,3,4);1H2. The molecular formula is C3H5NO2. The molecule has 1 fully saturated rings. The SMILES string of the molecule is C=O.O=C1CN1. The third-order valence-electron chi connectivity index (χ3n) is 0.321. The van der Waals surface area contributed by atoms with E-state index in [0.717, 1.165) is 0 Å². The molecule has 1 N–H and O–H groups in total. The van der Waals surface area contributed by atoms with Gasteiger partial charge in [0.15, 0.2) is 0 Å². The van der Waals surface area contributed by atoms with E-state index < -0.39 is 0 Å². The van der Waals surface area contributed by atoms with Crippen molar-refractivity contribution in [1.82, 2.24) is 5.32 Å². The molecule has 3 nitrogen and oxygen atoms in total. The molecule has 0 spiro atoms. The Morgan fingerprint density at radius 2 is 1.83 bits per heavy atom. The van der Waals surface area contributed by atoms with Crippen molar-refractivity contribution in [2.75, 3.05) is 6.54 Å². The maximum atomic E-state index is 9.44. The molecule has 0 unspecified atom stereocenters. The molecule has 0 radical (unpaired) electrons. The molecule has 6 heavy (non-hydrogen) atoms. The maximum Gasteiger partial charge on any atom is 0.239 e. The number of rotatable bonds is 0. The van der Waals surface area contributed by atoms with Crippen molar-refractivity contribution in [2.24, 2.45) is 0 Å². The largest absolute Gasteiger partial charge is 0.346 e. The van der Waals surface area contributed by atoms with Crippen molar-refractivity contribution in [2.45, 2.75) is 0 Å². The van der Waals surface area contributed by atoms with Crippen LogP contribution in [0.25, 0.3) is 0 Å². The average Bonchev–Trinajstić information content (AvgIpc) is 2.30. The van der Waals surface area contributed by atoms with Crippen molar-refractivity contribution in [3.8, 4) is 0 Å². The van der Waals surface area contributed by atoms with Gasteiger partial charge in [-0.2, -0.15) is 0 Å². The molecule has 0 aliphatic carbocycles. The van der Waals surface area contributed by atoms with E-state index in [2.05, 4.69) is 5.32 Å². The lowest BCUT2D eigenvalue weighted by Gasteiger charge is -1.30. The lowest BCUT2D eigenvalue weighted by Crippen LogP contribution is -1.66. The van der Waals surface area contributed by atoms with Gasteiger partial charge in [0.2, 0.25) is 5.91 Å². The third kappa shape index (κ3) is 3.14. The van der Waals surface area contributed by atoms with Gasteiger partial charge in [-0.15, -0.1) is 0 Å². The molecular weight excluding hydrogens is 82.0 g/mol. The van der Waals surface area contributed by atoms with Crippen molar-refractivity contribution >= 4 is 12.7 Å². The lowest BCUT2D eigenvalue weighted by molar-refractivity contribution is -0.110. The molecule has 1 rings (SSSR count). The first kappa shape index (κ1) is 5.14. The fraction of sp³-hybridized carbons (Fsp3) is 0.333. The fourth-order valence-electron chi connectivity index (χ4n) is 0.0361. The van der Waals surface area contributed by atoms with Gasteiger partial charge in [0, 0.05) is 0 Å². The van der Waals surface area contributed by atoms with Crippen molar-refractivity contribution in [3.05, 3.63) is 0 Å². The number of carbonyl (C=O) groups excluding carboxylic acids is 2. The summed E-state index contributed by atoms with van der Waals surface area (Å²) < 4.78 is 0. The van der Waals surface area contributed by atoms with Crippen LogP contribution in [-0.4, -0.2) is 19.2 Å². The zero-order valence-electron chi connectivity index (χ0n) is 3.23. The molecule has 3 heteroatoms. The molecule has 1 heterocycles. The van der Waals surface area contributed by atoms with E-state index in [1.165, 1.54) is 0 Å². The summed E-state index contributed by atoms with van der Waals surface area (Å²) in [5, 5.41) is 2.46. The number of hydrogen-bond acceptors (Lipinski definition) is 2. The quantitative estimate of drug-likeness (QED) is 0.382. The Labute approximate surface area is 35.3 Å². The van der Waals surface area contributed by atoms with E-state index in [1.807, 2.05) is 6.79 Å². The Bertz CT molecular complexity index is 55.8. The normalized spacial score (nSPS) is 13.7. The molecule has 1 amide bonds. The van der Waals surface area contributed by atoms with Gasteiger partial charge in [-0.25, -0.2) is 0 Å². The van der Waals surface area contributed by atoms with Gasteiger partial charge in [-0.1, -0.05) is 0 Å². The van der Waals surface area contributed by atoms with Crippen LogP contribution in [0.3, 0.4) is 0 Å². The molecule has 0 saturated carbocycles. The monoisotopic (exact) mass is 87.0 g/mol. The van der Waals surface area contributed by atoms with E-state index in [0.29, 0.717) is 6.54 Å². The molecule has 0 aromatic carbocycles. The number of nitrogens with one attached hydrogen (secondary N) is 1. The highest BCUT2D eigenvalue weighted by molar-refractivity contribution is 5.91. The second-order valence-electron chi connectivity index (χ2n) is 0.777. The molecule has 0 bridgehead atoms. The highest BCUT2D eigenvalue weighted by Crippen LogP contribution is 1.72. The Morgan fingerprint density at radius 3 is 1.83 bits per heavy atom. The van der Waals surface area contributed by atoms with Crippen molar-refractivity contribution in [1.29, 1.82) is 0 Å². The zero-order chi connectivity index (χ0) is 4.99. The smallest absolute Gasteiger partial charge is 0.239 e. The van der Waals surface area contributed by atoms with E-state index in [1.54, 1.807) is 0 Å². The molecule has 0 aromatic rings. The number of carbonyl (C=O) groups is 2. The van der Waals surface area contributed by atoms with Gasteiger partial charge < -0.3 is 10.1 Å². The van der Waals surface area contributed by atoms with E-state index in [4.69, 9.17) is 4.79 Å². The minimum absolute atomic E-state index is 0.167. The Balaban J connectivity index is 0.000000112. The Morgan fingerprint density at radius 1 is 1.67 bits per heavy atom. The van der Waals surface area contributed by atoms with Crippen LogP contribution in [0.5, 0.6) is 0 Å². The first-order valence-corrected chi connectivity index (χ1v) is 1.45. The second kappa shape index (κ2) is 2.38. The number of hydrogen-bond donors (Lipinski definition) is 1. The third-order valence-corrected chi connectivity index (χ3v) is 0.321. The predicted molar refractivity (Wildman–Crippen MR) is 20.1 cm³/mol. The summed E-state index contributed by atoms with van der Waals surface area (Å²) in [6.45, 7) is 2.60. The molecule has 34 valence electrons. The average molecular weight is 87.1 g/mol. The highest BCUT2D eigenvalue weighted by atomic mass is 16.2. The number of amides is 1. The molecule has 0 aromatic heterocycles. The minimum Gasteiger partial charge on any atom is -0.346 e. The van der Waals surface area contributed by atoms with Gasteiger partial charge in [0.05, 0.1) is 6.54 Å². The van der Waals surface area contributed by atoms with Crippen molar-refractivity contribution < 1.29 is 9.59 Å². The fourth-order valence-corrected chi connectivity index (χ4v) is 0.0361. The topological polar surface area (TPSA) is 56.1 Å². The van der Waals surface area contributed by atoms with Gasteiger partial charge >= 0.3 is 0 Å². The van der Waals surface area contributed by atoms with Gasteiger partial charge in [0.25, 0.3) is 0 Å². The van der Waals surface area contributed by atoms with Crippen LogP contribution >= 0.6 is 0 Å². The van der Waals surface area contributed by atoms with Crippen LogP contribution in [0.2, 0.25) is 0 Å². The van der Waals surface area contributed by atoms with Gasteiger partial charge in [-0.3, -0.25) is 4.79 Å². The molecule has 1 aliphatic heterocycles. The first-order valence-electron chi connectivity index (χ1n) is 1.45. The highest BCUT2D eigenvalue weighted by Gasteiger charge is 2.10. The first-order chi connectivity index (χ1) is 2.89. The minimum atomic E-state index is 0.167. The summed E-state index contributed by atoms with van der Waals surface area (Å²) in [7, 11) is 0. The van der Waals surface area contributed by atoms with E-state index >= 15 is 0 Å². The van der Waals surface area contributed by atoms with Crippen molar-refractivity contribution in [3.63, 3.8) is 0 Å². The van der Waals surface area contributed by atoms with Crippen LogP contribution in [0.4, 0.5) is 0 Å². The zero-order valence-corrected chi connectivity index (χ0v) is 3.23. The Kier molecular flexibility index (Phi) is 2.04. The summed E-state index contributed by atoms with van der Waals surface area (Å²) in [5.74, 6) is 0.167.